The van der Waals surface area contributed by atoms with Gasteiger partial charge in [-0.2, -0.15) is 18.2 Å². The molecule has 0 aliphatic carbocycles. The Labute approximate surface area is 236 Å². The van der Waals surface area contributed by atoms with Crippen LogP contribution in [0.1, 0.15) is 21.5 Å². The zero-order valence-corrected chi connectivity index (χ0v) is 21.9. The van der Waals surface area contributed by atoms with E-state index < -0.39 is 12.1 Å². The number of rotatable bonds is 2. The molecule has 4 N–H and O–H groups in total. The largest absolute Gasteiger partial charge is 0.490 e. The molecule has 2 heterocycles. The molecule has 0 saturated heterocycles. The summed E-state index contributed by atoms with van der Waals surface area (Å²) in [7, 11) is 0. The highest BCUT2D eigenvalue weighted by molar-refractivity contribution is 6.33. The second-order valence-corrected chi connectivity index (χ2v) is 9.37. The number of hydrogen-bond acceptors (Lipinski definition) is 6. The number of nitrogens with one attached hydrogen (secondary N) is 3. The fraction of sp³-hybridized carbons (Fsp3) is 0.111. The van der Waals surface area contributed by atoms with Gasteiger partial charge in [-0.3, -0.25) is 4.79 Å². The second kappa shape index (κ2) is 12.2. The van der Waals surface area contributed by atoms with Crippen LogP contribution in [0.4, 0.5) is 42.0 Å². The van der Waals surface area contributed by atoms with Crippen molar-refractivity contribution in [1.29, 1.82) is 0 Å². The van der Waals surface area contributed by atoms with Crippen LogP contribution in [0.25, 0.3) is 0 Å². The van der Waals surface area contributed by atoms with Gasteiger partial charge in [-0.05, 0) is 72.5 Å². The lowest BCUT2D eigenvalue weighted by atomic mass is 10.0. The average Bonchev–Trinajstić information content (AvgIpc) is 2.89. The van der Waals surface area contributed by atoms with Crippen molar-refractivity contribution >= 4 is 63.9 Å². The molecular formula is C27H20Cl2F3N5O3. The molecule has 1 aliphatic heterocycles. The number of carboxylic acid groups (broad SMARTS) is 1. The number of halogens is 5. The summed E-state index contributed by atoms with van der Waals surface area (Å²) >= 11 is 12.4. The lowest BCUT2D eigenvalue weighted by molar-refractivity contribution is -0.192. The summed E-state index contributed by atoms with van der Waals surface area (Å²) in [6.45, 7) is 0. The van der Waals surface area contributed by atoms with E-state index in [9.17, 15) is 18.0 Å². The van der Waals surface area contributed by atoms with Crippen molar-refractivity contribution in [2.45, 2.75) is 19.0 Å². The molecule has 0 saturated carbocycles. The molecule has 40 heavy (non-hydrogen) atoms. The van der Waals surface area contributed by atoms with Crippen LogP contribution in [0.2, 0.25) is 10.0 Å². The van der Waals surface area contributed by atoms with Crippen LogP contribution in [-0.4, -0.2) is 33.1 Å². The number of carbonyl (C=O) groups excluding carboxylic acids is 1. The smallest absolute Gasteiger partial charge is 0.475 e. The summed E-state index contributed by atoms with van der Waals surface area (Å²) in [5.41, 5.74) is 4.93. The molecule has 0 fully saturated rings. The van der Waals surface area contributed by atoms with Gasteiger partial charge in [0, 0.05) is 27.6 Å². The predicted octanol–water partition coefficient (Wildman–Crippen LogP) is 7.25. The molecule has 1 aliphatic rings. The first-order valence-electron chi connectivity index (χ1n) is 11.6. The normalized spacial score (nSPS) is 12.1. The Bertz CT molecular complexity index is 1570. The van der Waals surface area contributed by atoms with Gasteiger partial charge in [-0.25, -0.2) is 9.78 Å². The minimum absolute atomic E-state index is 0.232. The summed E-state index contributed by atoms with van der Waals surface area (Å²) < 4.78 is 31.7. The van der Waals surface area contributed by atoms with Gasteiger partial charge in [0.1, 0.15) is 5.02 Å². The van der Waals surface area contributed by atoms with Crippen molar-refractivity contribution < 1.29 is 27.9 Å². The molecule has 6 bridgehead atoms. The van der Waals surface area contributed by atoms with Crippen molar-refractivity contribution in [3.05, 3.63) is 99.7 Å². The number of aromatic nitrogens is 2. The third-order valence-electron chi connectivity index (χ3n) is 5.47. The van der Waals surface area contributed by atoms with Gasteiger partial charge in [-0.1, -0.05) is 41.4 Å². The average molecular weight is 590 g/mol. The van der Waals surface area contributed by atoms with Gasteiger partial charge in [0.05, 0.1) is 6.20 Å². The standard InChI is InChI=1S/C25H19Cl2N5O.C2HF3O2/c26-18-4-2-6-20(13-18)30-24(33)17-9-16-8-7-15-3-1-5-19(10-15)31-25-28-14-22(27)23(32-25)29-21(11-16)12-17;3-2(4,5)1(6)7/h1-6,9-14H,7-8H2,(H,30,33)(H2,28,29,31,32);(H,6,7). The van der Waals surface area contributed by atoms with E-state index >= 15 is 0 Å². The Hall–Kier alpha value is -4.35. The van der Waals surface area contributed by atoms with E-state index in [0.717, 1.165) is 29.7 Å². The first-order chi connectivity index (χ1) is 19.0. The number of nitrogens with zero attached hydrogens (tertiary/aromatic N) is 2. The van der Waals surface area contributed by atoms with Gasteiger partial charge < -0.3 is 21.1 Å². The highest BCUT2D eigenvalue weighted by Gasteiger charge is 2.38. The Morgan fingerprint density at radius 2 is 1.60 bits per heavy atom. The Morgan fingerprint density at radius 3 is 2.33 bits per heavy atom. The van der Waals surface area contributed by atoms with E-state index in [0.29, 0.717) is 38.7 Å². The third kappa shape index (κ3) is 7.84. The van der Waals surface area contributed by atoms with E-state index in [4.69, 9.17) is 33.1 Å². The monoisotopic (exact) mass is 589 g/mol. The van der Waals surface area contributed by atoms with Gasteiger partial charge in [0.15, 0.2) is 5.82 Å². The molecule has 0 atom stereocenters. The van der Waals surface area contributed by atoms with Gasteiger partial charge in [0.2, 0.25) is 5.95 Å². The second-order valence-electron chi connectivity index (χ2n) is 8.53. The van der Waals surface area contributed by atoms with Crippen LogP contribution in [0.5, 0.6) is 0 Å². The number of carbonyl (C=O) groups is 2. The van der Waals surface area contributed by atoms with Crippen molar-refractivity contribution in [2.24, 2.45) is 0 Å². The maximum absolute atomic E-state index is 13.0. The van der Waals surface area contributed by atoms with Crippen molar-refractivity contribution in [2.75, 3.05) is 16.0 Å². The van der Waals surface area contributed by atoms with Crippen LogP contribution in [-0.2, 0) is 17.6 Å². The topological polar surface area (TPSA) is 116 Å². The minimum atomic E-state index is -5.08. The van der Waals surface area contributed by atoms with E-state index in [2.05, 4.69) is 38.1 Å². The summed E-state index contributed by atoms with van der Waals surface area (Å²) in [6.07, 6.45) is -1.97. The van der Waals surface area contributed by atoms with Crippen LogP contribution in [0.15, 0.2) is 72.9 Å². The lowest BCUT2D eigenvalue weighted by Crippen LogP contribution is -2.21. The Morgan fingerprint density at radius 1 is 0.900 bits per heavy atom. The predicted molar refractivity (Wildman–Crippen MR) is 147 cm³/mol. The van der Waals surface area contributed by atoms with E-state index in [-0.39, 0.29) is 5.91 Å². The minimum Gasteiger partial charge on any atom is -0.475 e. The number of benzene rings is 3. The van der Waals surface area contributed by atoms with Crippen molar-refractivity contribution in [3.8, 4) is 0 Å². The molecule has 3 aromatic carbocycles. The molecule has 0 spiro atoms. The number of alkyl halides is 3. The molecule has 8 nitrogen and oxygen atoms in total. The Kier molecular flexibility index (Phi) is 8.76. The quantitative estimate of drug-likeness (QED) is 0.194. The highest BCUT2D eigenvalue weighted by Crippen LogP contribution is 2.28. The highest BCUT2D eigenvalue weighted by atomic mass is 35.5. The maximum atomic E-state index is 13.0. The van der Waals surface area contributed by atoms with E-state index in [1.165, 1.54) is 0 Å². The fourth-order valence-corrected chi connectivity index (χ4v) is 4.01. The molecule has 1 aromatic heterocycles. The lowest BCUT2D eigenvalue weighted by Gasteiger charge is -2.13. The third-order valence-corrected chi connectivity index (χ3v) is 5.98. The van der Waals surface area contributed by atoms with E-state index in [1.807, 2.05) is 24.3 Å². The molecule has 5 rings (SSSR count). The van der Waals surface area contributed by atoms with Crippen molar-refractivity contribution in [1.82, 2.24) is 9.97 Å². The zero-order chi connectivity index (χ0) is 28.9. The molecule has 0 unspecified atom stereocenters. The zero-order valence-electron chi connectivity index (χ0n) is 20.4. The number of hydrogen-bond donors (Lipinski definition) is 4. The summed E-state index contributed by atoms with van der Waals surface area (Å²) in [5.74, 6) is -2.12. The Balaban J connectivity index is 0.000000470. The van der Waals surface area contributed by atoms with Crippen LogP contribution in [0, 0.1) is 0 Å². The fourth-order valence-electron chi connectivity index (χ4n) is 3.68. The number of anilines is 5. The summed E-state index contributed by atoms with van der Waals surface area (Å²) in [5, 5.41) is 17.4. The van der Waals surface area contributed by atoms with Crippen LogP contribution in [0.3, 0.4) is 0 Å². The van der Waals surface area contributed by atoms with Gasteiger partial charge >= 0.3 is 12.1 Å². The molecule has 13 heteroatoms. The molecule has 206 valence electrons. The molecule has 4 aromatic rings. The first kappa shape index (κ1) is 28.7. The molecule has 1 amide bonds. The number of carboxylic acids is 1. The van der Waals surface area contributed by atoms with Gasteiger partial charge in [0.25, 0.3) is 5.91 Å². The van der Waals surface area contributed by atoms with Crippen LogP contribution >= 0.6 is 23.2 Å². The molecular weight excluding hydrogens is 570 g/mol. The number of aliphatic carboxylic acids is 1. The van der Waals surface area contributed by atoms with E-state index in [1.54, 1.807) is 36.5 Å². The first-order valence-corrected chi connectivity index (χ1v) is 12.4. The SMILES string of the molecule is O=C(Nc1cccc(Cl)c1)c1cc2cc(c1)Nc1nc(ncc1Cl)Nc1cccc(c1)CC2.O=C(O)C(F)(F)F. The summed E-state index contributed by atoms with van der Waals surface area (Å²) in [6, 6.07) is 20.8. The van der Waals surface area contributed by atoms with Crippen LogP contribution < -0.4 is 16.0 Å². The number of aryl methyl sites for hydroxylation is 2. The number of fused-ring (bicyclic) bond motifs is 6. The number of amides is 1. The summed E-state index contributed by atoms with van der Waals surface area (Å²) in [4.78, 5) is 30.7. The van der Waals surface area contributed by atoms with Crippen molar-refractivity contribution in [3.63, 3.8) is 0 Å². The maximum Gasteiger partial charge on any atom is 0.490 e. The van der Waals surface area contributed by atoms with Gasteiger partial charge in [-0.15, -0.1) is 0 Å². The molecule has 0 radical (unpaired) electrons.